The van der Waals surface area contributed by atoms with Gasteiger partial charge in [0.1, 0.15) is 0 Å². The number of rotatable bonds is 12. The summed E-state index contributed by atoms with van der Waals surface area (Å²) in [6.45, 7) is 6.84. The minimum atomic E-state index is -0.970. The lowest BCUT2D eigenvalue weighted by molar-refractivity contribution is -0.154. The van der Waals surface area contributed by atoms with Gasteiger partial charge in [-0.05, 0) is 55.4 Å². The number of benzene rings is 1. The smallest absolute Gasteiger partial charge is 0.304 e. The molecule has 0 aromatic heterocycles. The molecule has 184 valence electrons. The van der Waals surface area contributed by atoms with E-state index in [1.165, 1.54) is 12.8 Å². The monoisotopic (exact) mass is 505 g/mol. The van der Waals surface area contributed by atoms with Gasteiger partial charge in [0.15, 0.2) is 0 Å². The van der Waals surface area contributed by atoms with E-state index in [0.29, 0.717) is 42.0 Å². The van der Waals surface area contributed by atoms with Gasteiger partial charge in [-0.3, -0.25) is 9.59 Å². The maximum absolute atomic E-state index is 13.7. The third-order valence-electron chi connectivity index (χ3n) is 6.47. The van der Waals surface area contributed by atoms with Crippen LogP contribution in [-0.2, 0) is 14.3 Å². The Morgan fingerprint density at radius 1 is 1.29 bits per heavy atom. The molecule has 1 aromatic rings. The van der Waals surface area contributed by atoms with E-state index in [9.17, 15) is 14.7 Å². The van der Waals surface area contributed by atoms with Crippen LogP contribution in [0, 0.1) is 17.8 Å². The van der Waals surface area contributed by atoms with Crippen molar-refractivity contribution in [1.82, 2.24) is 4.90 Å². The molecule has 2 fully saturated rings. The van der Waals surface area contributed by atoms with E-state index >= 15 is 0 Å². The molecule has 1 saturated carbocycles. The minimum Gasteiger partial charge on any atom is -0.481 e. The number of hydrogen-bond acceptors (Lipinski definition) is 3. The van der Waals surface area contributed by atoms with Gasteiger partial charge in [0, 0.05) is 28.5 Å². The molecule has 4 atom stereocenters. The third-order valence-corrected chi connectivity index (χ3v) is 6.85. The van der Waals surface area contributed by atoms with Crippen LogP contribution >= 0.6 is 23.2 Å². The zero-order chi connectivity index (χ0) is 24.7. The van der Waals surface area contributed by atoms with E-state index in [4.69, 9.17) is 27.9 Å². The number of piperidine rings is 1. The van der Waals surface area contributed by atoms with Crippen molar-refractivity contribution < 1.29 is 19.4 Å². The molecule has 1 aliphatic carbocycles. The second-order valence-electron chi connectivity index (χ2n) is 9.17. The van der Waals surface area contributed by atoms with Crippen LogP contribution in [0.2, 0.25) is 5.02 Å². The van der Waals surface area contributed by atoms with Gasteiger partial charge >= 0.3 is 5.97 Å². The van der Waals surface area contributed by atoms with Crippen LogP contribution in [0.3, 0.4) is 0 Å². The van der Waals surface area contributed by atoms with Crippen LogP contribution in [-0.4, -0.2) is 41.1 Å². The molecular formula is C27H33Cl2NO4. The molecular weight excluding hydrogens is 473 g/mol. The zero-order valence-electron chi connectivity index (χ0n) is 19.5. The molecule has 3 rings (SSSR count). The van der Waals surface area contributed by atoms with Crippen LogP contribution in [0.1, 0.15) is 50.6 Å². The molecule has 2 aliphatic rings. The van der Waals surface area contributed by atoms with Gasteiger partial charge in [-0.25, -0.2) is 0 Å². The Bertz CT molecular complexity index is 923. The molecule has 1 N–H and O–H groups in total. The molecule has 7 heteroatoms. The van der Waals surface area contributed by atoms with E-state index in [1.54, 1.807) is 12.2 Å². The first kappa shape index (κ1) is 26.5. The van der Waals surface area contributed by atoms with E-state index < -0.39 is 11.9 Å². The lowest BCUT2D eigenvalue weighted by Crippen LogP contribution is -2.53. The van der Waals surface area contributed by atoms with Gasteiger partial charge in [0.2, 0.25) is 5.91 Å². The number of carbonyl (C=O) groups excluding carboxylic acids is 1. The SMILES string of the molecule is C=C(Cl)C=CC=CC1CC(CC(=O)O)C(=O)N(C(CC)COCC2CC2)C1c1ccc(Cl)cc1. The number of hydrogen-bond donors (Lipinski definition) is 1. The average molecular weight is 506 g/mol. The number of amides is 1. The molecule has 0 radical (unpaired) electrons. The van der Waals surface area contributed by atoms with E-state index in [0.717, 1.165) is 5.56 Å². The number of halogens is 2. The number of nitrogens with zero attached hydrogens (tertiary/aromatic N) is 1. The van der Waals surface area contributed by atoms with Crippen molar-refractivity contribution in [3.05, 3.63) is 70.8 Å². The number of carbonyl (C=O) groups is 2. The molecule has 1 amide bonds. The van der Waals surface area contributed by atoms with Crippen molar-refractivity contribution in [1.29, 1.82) is 0 Å². The molecule has 0 spiro atoms. The van der Waals surface area contributed by atoms with Gasteiger partial charge in [-0.1, -0.05) is 67.1 Å². The summed E-state index contributed by atoms with van der Waals surface area (Å²) >= 11 is 12.0. The van der Waals surface area contributed by atoms with Crippen molar-refractivity contribution >= 4 is 35.1 Å². The largest absolute Gasteiger partial charge is 0.481 e. The Morgan fingerprint density at radius 3 is 2.59 bits per heavy atom. The Hall–Kier alpha value is -2.08. The first-order chi connectivity index (χ1) is 16.3. The number of likely N-dealkylation sites (tertiary alicyclic amines) is 1. The lowest BCUT2D eigenvalue weighted by Gasteiger charge is -2.47. The van der Waals surface area contributed by atoms with Crippen molar-refractivity contribution in [3.8, 4) is 0 Å². The van der Waals surface area contributed by atoms with Gasteiger partial charge in [0.05, 0.1) is 25.1 Å². The molecule has 34 heavy (non-hydrogen) atoms. The summed E-state index contributed by atoms with van der Waals surface area (Å²) in [4.78, 5) is 27.2. The molecule has 0 bridgehead atoms. The fourth-order valence-electron chi connectivity index (χ4n) is 4.57. The summed E-state index contributed by atoms with van der Waals surface area (Å²) in [5.41, 5.74) is 0.965. The van der Waals surface area contributed by atoms with E-state index in [1.807, 2.05) is 48.2 Å². The van der Waals surface area contributed by atoms with Gasteiger partial charge < -0.3 is 14.7 Å². The van der Waals surface area contributed by atoms with Crippen LogP contribution in [0.15, 0.2) is 60.2 Å². The number of carboxylic acids is 1. The third kappa shape index (κ3) is 7.46. The Balaban J connectivity index is 1.97. The average Bonchev–Trinajstić information content (AvgIpc) is 3.61. The van der Waals surface area contributed by atoms with Gasteiger partial charge in [-0.2, -0.15) is 0 Å². The van der Waals surface area contributed by atoms with Gasteiger partial charge in [0.25, 0.3) is 0 Å². The molecule has 1 aliphatic heterocycles. The number of aliphatic carboxylic acids is 1. The molecule has 5 nitrogen and oxygen atoms in total. The quantitative estimate of drug-likeness (QED) is 0.334. The fraction of sp³-hybridized carbons (Fsp3) is 0.481. The predicted molar refractivity (Wildman–Crippen MR) is 136 cm³/mol. The second kappa shape index (κ2) is 12.6. The highest BCUT2D eigenvalue weighted by molar-refractivity contribution is 6.31. The van der Waals surface area contributed by atoms with Crippen LogP contribution in [0.4, 0.5) is 0 Å². The summed E-state index contributed by atoms with van der Waals surface area (Å²) in [6.07, 6.45) is 10.8. The number of ether oxygens (including phenoxy) is 1. The Labute approximate surface area is 212 Å². The highest BCUT2D eigenvalue weighted by atomic mass is 35.5. The van der Waals surface area contributed by atoms with Crippen molar-refractivity contribution in [3.63, 3.8) is 0 Å². The minimum absolute atomic E-state index is 0.0889. The standard InChI is InChI=1S/C27H33Cl2NO4/c1-3-24(17-34-16-19-8-9-19)30-26(20-10-12-23(29)13-11-20)21(7-5-4-6-18(2)28)14-22(27(30)33)15-25(31)32/h4-7,10-13,19,21-22,24,26H,2-3,8-9,14-17H2,1H3,(H,31,32). The molecule has 1 saturated heterocycles. The summed E-state index contributed by atoms with van der Waals surface area (Å²) in [5.74, 6) is -1.16. The normalized spacial score (nSPS) is 24.1. The van der Waals surface area contributed by atoms with Gasteiger partial charge in [-0.15, -0.1) is 0 Å². The molecule has 1 aromatic carbocycles. The highest BCUT2D eigenvalue weighted by Crippen LogP contribution is 2.43. The summed E-state index contributed by atoms with van der Waals surface area (Å²) in [5, 5.41) is 10.5. The summed E-state index contributed by atoms with van der Waals surface area (Å²) in [7, 11) is 0. The van der Waals surface area contributed by atoms with Crippen molar-refractivity contribution in [2.24, 2.45) is 17.8 Å². The second-order valence-corrected chi connectivity index (χ2v) is 10.1. The Kier molecular flexibility index (Phi) is 9.81. The van der Waals surface area contributed by atoms with E-state index in [-0.39, 0.29) is 30.3 Å². The number of carboxylic acid groups (broad SMARTS) is 1. The predicted octanol–water partition coefficient (Wildman–Crippen LogP) is 6.39. The number of allylic oxidation sites excluding steroid dienone is 4. The first-order valence-electron chi connectivity index (χ1n) is 11.9. The highest BCUT2D eigenvalue weighted by Gasteiger charge is 2.44. The van der Waals surface area contributed by atoms with Crippen molar-refractivity contribution in [2.75, 3.05) is 13.2 Å². The fourth-order valence-corrected chi connectivity index (χ4v) is 4.77. The first-order valence-corrected chi connectivity index (χ1v) is 12.6. The van der Waals surface area contributed by atoms with Crippen LogP contribution in [0.25, 0.3) is 0 Å². The molecule has 1 heterocycles. The maximum Gasteiger partial charge on any atom is 0.304 e. The van der Waals surface area contributed by atoms with E-state index in [2.05, 4.69) is 6.58 Å². The molecule has 4 unspecified atom stereocenters. The summed E-state index contributed by atoms with van der Waals surface area (Å²) < 4.78 is 6.01. The van der Waals surface area contributed by atoms with Crippen molar-refractivity contribution in [2.45, 2.75) is 51.1 Å². The Morgan fingerprint density at radius 2 is 2.00 bits per heavy atom. The zero-order valence-corrected chi connectivity index (χ0v) is 21.0. The topological polar surface area (TPSA) is 66.8 Å². The summed E-state index contributed by atoms with van der Waals surface area (Å²) in [6, 6.07) is 7.13. The lowest BCUT2D eigenvalue weighted by atomic mass is 9.77. The van der Waals surface area contributed by atoms with Crippen LogP contribution in [0.5, 0.6) is 0 Å². The van der Waals surface area contributed by atoms with Crippen LogP contribution < -0.4 is 0 Å². The maximum atomic E-state index is 13.7.